The van der Waals surface area contributed by atoms with E-state index in [0.717, 1.165) is 22.3 Å². The van der Waals surface area contributed by atoms with Crippen LogP contribution < -0.4 is 5.32 Å². The molecule has 3 aromatic rings. The molecule has 4 nitrogen and oxygen atoms in total. The molecular weight excluding hydrogens is 291 g/mol. The molecule has 0 unspecified atom stereocenters. The van der Waals surface area contributed by atoms with Crippen molar-refractivity contribution < 1.29 is 4.39 Å². The highest BCUT2D eigenvalue weighted by Crippen LogP contribution is 2.19. The smallest absolute Gasteiger partial charge is 0.137 e. The third-order valence-electron chi connectivity index (χ3n) is 3.60. The molecule has 0 aliphatic carbocycles. The topological polar surface area (TPSA) is 41.0 Å². The fourth-order valence-electron chi connectivity index (χ4n) is 2.53. The molecule has 23 heavy (non-hydrogen) atoms. The number of halogens is 1. The Kier molecular flexibility index (Phi) is 4.48. The Morgan fingerprint density at radius 2 is 1.91 bits per heavy atom. The summed E-state index contributed by atoms with van der Waals surface area (Å²) in [5.74, 6) is 0.615. The highest BCUT2D eigenvalue weighted by molar-refractivity contribution is 5.88. The average molecular weight is 310 g/mol. The molecule has 1 heterocycles. The molecule has 0 radical (unpaired) electrons. The Hall–Kier alpha value is -2.53. The van der Waals surface area contributed by atoms with E-state index >= 15 is 0 Å². The van der Waals surface area contributed by atoms with Gasteiger partial charge in [0.2, 0.25) is 0 Å². The van der Waals surface area contributed by atoms with Crippen LogP contribution in [0.5, 0.6) is 0 Å². The van der Waals surface area contributed by atoms with E-state index in [-0.39, 0.29) is 5.82 Å². The van der Waals surface area contributed by atoms with Crippen LogP contribution in [0, 0.1) is 5.82 Å². The Morgan fingerprint density at radius 1 is 1.09 bits per heavy atom. The summed E-state index contributed by atoms with van der Waals surface area (Å²) in [5.41, 5.74) is 2.62. The molecular formula is C18H19FN4. The zero-order chi connectivity index (χ0) is 16.2. The summed E-state index contributed by atoms with van der Waals surface area (Å²) in [4.78, 5) is 10.5. The number of aromatic nitrogens is 2. The van der Waals surface area contributed by atoms with E-state index in [0.29, 0.717) is 18.7 Å². The zero-order valence-electron chi connectivity index (χ0n) is 13.3. The van der Waals surface area contributed by atoms with Crippen LogP contribution >= 0.6 is 0 Å². The lowest BCUT2D eigenvalue weighted by Gasteiger charge is -2.13. The summed E-state index contributed by atoms with van der Waals surface area (Å²) in [6.45, 7) is 1.16. The molecule has 1 aromatic heterocycles. The summed E-state index contributed by atoms with van der Waals surface area (Å²) in [7, 11) is 3.86. The standard InChI is InChI=1S/C18H19FN4/c1-23(2)11-14-9-13(7-8-16(14)19)10-20-18-15-5-3-4-6-17(15)21-12-22-18/h3-9,12H,10-11H2,1-2H3,(H,20,21,22). The number of rotatable bonds is 5. The highest BCUT2D eigenvalue weighted by Gasteiger charge is 2.06. The maximum Gasteiger partial charge on any atom is 0.137 e. The van der Waals surface area contributed by atoms with Gasteiger partial charge < -0.3 is 10.2 Å². The van der Waals surface area contributed by atoms with E-state index in [1.165, 1.54) is 6.07 Å². The monoisotopic (exact) mass is 310 g/mol. The van der Waals surface area contributed by atoms with E-state index in [4.69, 9.17) is 0 Å². The predicted octanol–water partition coefficient (Wildman–Crippen LogP) is 3.44. The van der Waals surface area contributed by atoms with Crippen molar-refractivity contribution in [3.8, 4) is 0 Å². The number of hydrogen-bond donors (Lipinski definition) is 1. The van der Waals surface area contributed by atoms with Crippen LogP contribution in [0.3, 0.4) is 0 Å². The summed E-state index contributed by atoms with van der Waals surface area (Å²) in [6, 6.07) is 13.1. The molecule has 1 N–H and O–H groups in total. The van der Waals surface area contributed by atoms with E-state index in [2.05, 4.69) is 15.3 Å². The van der Waals surface area contributed by atoms with Gasteiger partial charge in [0, 0.05) is 24.0 Å². The first-order chi connectivity index (χ1) is 11.1. The van der Waals surface area contributed by atoms with Gasteiger partial charge in [-0.15, -0.1) is 0 Å². The van der Waals surface area contributed by atoms with Crippen LogP contribution in [0.1, 0.15) is 11.1 Å². The predicted molar refractivity (Wildman–Crippen MR) is 90.7 cm³/mol. The molecule has 0 aliphatic heterocycles. The second-order valence-corrected chi connectivity index (χ2v) is 5.76. The Labute approximate surface area is 135 Å². The molecule has 0 saturated carbocycles. The maximum absolute atomic E-state index is 13.8. The molecule has 3 rings (SSSR count). The van der Waals surface area contributed by atoms with Crippen molar-refractivity contribution in [1.29, 1.82) is 0 Å². The fourth-order valence-corrected chi connectivity index (χ4v) is 2.53. The number of benzene rings is 2. The quantitative estimate of drug-likeness (QED) is 0.784. The van der Waals surface area contributed by atoms with Crippen LogP contribution in [0.15, 0.2) is 48.8 Å². The molecule has 0 bridgehead atoms. The molecule has 0 spiro atoms. The van der Waals surface area contributed by atoms with Gasteiger partial charge in [-0.3, -0.25) is 0 Å². The van der Waals surface area contributed by atoms with Crippen LogP contribution in [0.4, 0.5) is 10.2 Å². The first-order valence-electron chi connectivity index (χ1n) is 7.49. The first kappa shape index (κ1) is 15.4. The number of nitrogens with one attached hydrogen (secondary N) is 1. The lowest BCUT2D eigenvalue weighted by molar-refractivity contribution is 0.392. The van der Waals surface area contributed by atoms with Gasteiger partial charge in [0.25, 0.3) is 0 Å². The van der Waals surface area contributed by atoms with Crippen LogP contribution in [-0.4, -0.2) is 29.0 Å². The minimum absolute atomic E-state index is 0.171. The zero-order valence-corrected chi connectivity index (χ0v) is 13.3. The van der Waals surface area contributed by atoms with E-state index in [1.54, 1.807) is 12.4 Å². The maximum atomic E-state index is 13.8. The number of hydrogen-bond acceptors (Lipinski definition) is 4. The average Bonchev–Trinajstić information content (AvgIpc) is 2.55. The first-order valence-corrected chi connectivity index (χ1v) is 7.49. The minimum atomic E-state index is -0.171. The van der Waals surface area contributed by atoms with Crippen molar-refractivity contribution in [3.63, 3.8) is 0 Å². The molecule has 118 valence electrons. The van der Waals surface area contributed by atoms with Gasteiger partial charge >= 0.3 is 0 Å². The van der Waals surface area contributed by atoms with Gasteiger partial charge in [0.15, 0.2) is 0 Å². The van der Waals surface area contributed by atoms with Gasteiger partial charge in [0.1, 0.15) is 18.0 Å². The van der Waals surface area contributed by atoms with Gasteiger partial charge in [-0.25, -0.2) is 14.4 Å². The third-order valence-corrected chi connectivity index (χ3v) is 3.60. The van der Waals surface area contributed by atoms with Crippen molar-refractivity contribution in [1.82, 2.24) is 14.9 Å². The van der Waals surface area contributed by atoms with Gasteiger partial charge in [-0.2, -0.15) is 0 Å². The normalized spacial score (nSPS) is 11.1. The molecule has 0 fully saturated rings. The lowest BCUT2D eigenvalue weighted by Crippen LogP contribution is -2.12. The van der Waals surface area contributed by atoms with Crippen molar-refractivity contribution in [3.05, 3.63) is 65.7 Å². The van der Waals surface area contributed by atoms with Crippen LogP contribution in [-0.2, 0) is 13.1 Å². The second kappa shape index (κ2) is 6.71. The molecule has 0 saturated heterocycles. The molecule has 2 aromatic carbocycles. The molecule has 5 heteroatoms. The minimum Gasteiger partial charge on any atom is -0.365 e. The van der Waals surface area contributed by atoms with Gasteiger partial charge in [-0.05, 0) is 43.9 Å². The summed E-state index contributed by atoms with van der Waals surface area (Å²) in [5, 5.41) is 4.29. The summed E-state index contributed by atoms with van der Waals surface area (Å²) in [6.07, 6.45) is 1.55. The van der Waals surface area contributed by atoms with E-state index < -0.39 is 0 Å². The van der Waals surface area contributed by atoms with Crippen molar-refractivity contribution in [2.24, 2.45) is 0 Å². The number of anilines is 1. The van der Waals surface area contributed by atoms with Crippen LogP contribution in [0.2, 0.25) is 0 Å². The molecule has 0 atom stereocenters. The van der Waals surface area contributed by atoms with Gasteiger partial charge in [-0.1, -0.05) is 18.2 Å². The third kappa shape index (κ3) is 3.63. The largest absolute Gasteiger partial charge is 0.365 e. The SMILES string of the molecule is CN(C)Cc1cc(CNc2ncnc3ccccc23)ccc1F. The van der Waals surface area contributed by atoms with E-state index in [9.17, 15) is 4.39 Å². The lowest BCUT2D eigenvalue weighted by atomic mass is 10.1. The van der Waals surface area contributed by atoms with Crippen molar-refractivity contribution >= 4 is 16.7 Å². The van der Waals surface area contributed by atoms with Crippen molar-refractivity contribution in [2.45, 2.75) is 13.1 Å². The Morgan fingerprint density at radius 3 is 2.74 bits per heavy atom. The molecule has 0 amide bonds. The summed E-state index contributed by atoms with van der Waals surface area (Å²) >= 11 is 0. The van der Waals surface area contributed by atoms with Crippen LogP contribution in [0.25, 0.3) is 10.9 Å². The molecule has 0 aliphatic rings. The summed E-state index contributed by atoms with van der Waals surface area (Å²) < 4.78 is 13.8. The number of fused-ring (bicyclic) bond motifs is 1. The van der Waals surface area contributed by atoms with E-state index in [1.807, 2.05) is 49.3 Å². The highest BCUT2D eigenvalue weighted by atomic mass is 19.1. The Bertz CT molecular complexity index is 812. The Balaban J connectivity index is 1.80. The number of nitrogens with zero attached hydrogens (tertiary/aromatic N) is 3. The second-order valence-electron chi connectivity index (χ2n) is 5.76. The van der Waals surface area contributed by atoms with Gasteiger partial charge in [0.05, 0.1) is 5.52 Å². The fraction of sp³-hybridized carbons (Fsp3) is 0.222. The van der Waals surface area contributed by atoms with Crippen molar-refractivity contribution in [2.75, 3.05) is 19.4 Å². The number of para-hydroxylation sites is 1.